The summed E-state index contributed by atoms with van der Waals surface area (Å²) in [5.41, 5.74) is 0. The molecule has 21 heavy (non-hydrogen) atoms. The lowest BCUT2D eigenvalue weighted by Crippen LogP contribution is -2.59. The summed E-state index contributed by atoms with van der Waals surface area (Å²) in [6.45, 7) is 3.71. The Morgan fingerprint density at radius 2 is 1.48 bits per heavy atom. The topological polar surface area (TPSA) is 26.3 Å². The molecule has 0 radical (unpaired) electrons. The minimum atomic E-state index is -5.99. The van der Waals surface area contributed by atoms with E-state index in [0.717, 1.165) is 0 Å². The van der Waals surface area contributed by atoms with Crippen molar-refractivity contribution in [1.82, 2.24) is 0 Å². The third kappa shape index (κ3) is 3.57. The van der Waals surface area contributed by atoms with Crippen LogP contribution in [0.15, 0.2) is 0 Å². The Labute approximate surface area is 122 Å². The van der Waals surface area contributed by atoms with Gasteiger partial charge in [0.15, 0.2) is 0 Å². The highest BCUT2D eigenvalue weighted by Crippen LogP contribution is 2.49. The Bertz CT molecular complexity index is 378. The maximum absolute atomic E-state index is 12.6. The molecule has 0 spiro atoms. The second-order valence-corrected chi connectivity index (χ2v) is 6.02. The number of esters is 1. The van der Waals surface area contributed by atoms with E-state index in [1.165, 1.54) is 0 Å². The summed E-state index contributed by atoms with van der Waals surface area (Å²) in [5.74, 6) is -2.19. The van der Waals surface area contributed by atoms with Gasteiger partial charge in [0.25, 0.3) is 0 Å². The number of carbonyl (C=O) groups is 1. The zero-order chi connectivity index (χ0) is 16.6. The van der Waals surface area contributed by atoms with Crippen molar-refractivity contribution < 1.29 is 35.9 Å². The monoisotopic (exact) mass is 340 g/mol. The van der Waals surface area contributed by atoms with Gasteiger partial charge in [-0.3, -0.25) is 0 Å². The van der Waals surface area contributed by atoms with Gasteiger partial charge in [0.05, 0.1) is 0 Å². The number of hydrogen-bond acceptors (Lipinski definition) is 2. The first-order valence-corrected chi connectivity index (χ1v) is 6.72. The largest absolute Gasteiger partial charge is 0.461 e. The minimum Gasteiger partial charge on any atom is -0.461 e. The van der Waals surface area contributed by atoms with E-state index < -0.39 is 29.3 Å². The molecule has 0 N–H and O–H groups in total. The molecule has 2 nitrogen and oxygen atoms in total. The van der Waals surface area contributed by atoms with E-state index in [-0.39, 0.29) is 24.7 Å². The Kier molecular flexibility index (Phi) is 5.12. The van der Waals surface area contributed by atoms with Crippen LogP contribution in [0.2, 0.25) is 0 Å². The highest BCUT2D eigenvalue weighted by atomic mass is 35.5. The zero-order valence-electron chi connectivity index (χ0n) is 11.3. The third-order valence-electron chi connectivity index (χ3n) is 3.89. The molecule has 0 aromatic heterocycles. The second-order valence-electron chi connectivity index (χ2n) is 5.45. The van der Waals surface area contributed by atoms with Gasteiger partial charge in [-0.15, -0.1) is 0 Å². The fourth-order valence-corrected chi connectivity index (χ4v) is 2.27. The van der Waals surface area contributed by atoms with Crippen LogP contribution >= 0.6 is 11.6 Å². The van der Waals surface area contributed by atoms with Crippen molar-refractivity contribution in [3.05, 3.63) is 0 Å². The highest BCUT2D eigenvalue weighted by molar-refractivity contribution is 6.35. The van der Waals surface area contributed by atoms with Gasteiger partial charge in [0, 0.05) is 0 Å². The summed E-state index contributed by atoms with van der Waals surface area (Å²) in [6, 6.07) is 0. The fourth-order valence-electron chi connectivity index (χ4n) is 2.23. The van der Waals surface area contributed by atoms with E-state index in [1.807, 2.05) is 6.92 Å². The number of carbonyl (C=O) groups excluding carboxylic acids is 1. The van der Waals surface area contributed by atoms with Gasteiger partial charge in [-0.25, -0.2) is 4.79 Å². The lowest BCUT2D eigenvalue weighted by atomic mass is 9.80. The summed E-state index contributed by atoms with van der Waals surface area (Å²) >= 11 is 4.60. The average Bonchev–Trinajstić information content (AvgIpc) is 2.29. The van der Waals surface area contributed by atoms with E-state index in [2.05, 4.69) is 16.3 Å². The van der Waals surface area contributed by atoms with Crippen LogP contribution in [0.4, 0.5) is 26.3 Å². The molecular formula is C12H15ClF6O2. The highest BCUT2D eigenvalue weighted by Gasteiger charge is 2.76. The molecule has 1 rings (SSSR count). The van der Waals surface area contributed by atoms with Gasteiger partial charge in [0.1, 0.15) is 6.10 Å². The van der Waals surface area contributed by atoms with Crippen molar-refractivity contribution in [2.24, 2.45) is 11.8 Å². The van der Waals surface area contributed by atoms with Gasteiger partial charge in [-0.2, -0.15) is 26.3 Å². The van der Waals surface area contributed by atoms with Gasteiger partial charge >= 0.3 is 23.2 Å². The number of rotatable bonds is 2. The Morgan fingerprint density at radius 3 is 1.86 bits per heavy atom. The molecule has 0 bridgehead atoms. The molecular weight excluding hydrogens is 326 g/mol. The summed E-state index contributed by atoms with van der Waals surface area (Å²) in [5, 5.41) is 0. The van der Waals surface area contributed by atoms with Gasteiger partial charge in [0.2, 0.25) is 0 Å². The first-order chi connectivity index (χ1) is 9.30. The van der Waals surface area contributed by atoms with Crippen molar-refractivity contribution in [3.8, 4) is 0 Å². The maximum atomic E-state index is 12.6. The van der Waals surface area contributed by atoms with E-state index in [4.69, 9.17) is 0 Å². The molecule has 9 heteroatoms. The Balaban J connectivity index is 2.89. The van der Waals surface area contributed by atoms with Gasteiger partial charge in [-0.1, -0.05) is 25.4 Å². The van der Waals surface area contributed by atoms with Crippen LogP contribution in [0.25, 0.3) is 0 Å². The van der Waals surface area contributed by atoms with Gasteiger partial charge in [-0.05, 0) is 31.1 Å². The first kappa shape index (κ1) is 18.4. The average molecular weight is 341 g/mol. The molecule has 1 saturated carbocycles. The second kappa shape index (κ2) is 5.85. The Morgan fingerprint density at radius 1 is 1.00 bits per heavy atom. The van der Waals surface area contributed by atoms with Crippen molar-refractivity contribution >= 4 is 17.6 Å². The summed E-state index contributed by atoms with van der Waals surface area (Å²) in [7, 11) is 0. The van der Waals surface area contributed by atoms with Crippen LogP contribution in [0.3, 0.4) is 0 Å². The SMILES string of the molecule is C[C@@H]1CC[C@@H](OC(=O)C(Cl)(C(F)(F)F)C(F)(F)F)C[C@@H]1C. The van der Waals surface area contributed by atoms with Crippen molar-refractivity contribution in [2.75, 3.05) is 0 Å². The zero-order valence-corrected chi connectivity index (χ0v) is 12.1. The molecule has 0 amide bonds. The molecule has 1 fully saturated rings. The first-order valence-electron chi connectivity index (χ1n) is 6.34. The molecule has 3 atom stereocenters. The molecule has 1 aliphatic carbocycles. The van der Waals surface area contributed by atoms with Crippen LogP contribution in [0, 0.1) is 11.8 Å². The van der Waals surface area contributed by atoms with Crippen molar-refractivity contribution in [2.45, 2.75) is 56.4 Å². The predicted molar refractivity (Wildman–Crippen MR) is 62.8 cm³/mol. The fraction of sp³-hybridized carbons (Fsp3) is 0.917. The summed E-state index contributed by atoms with van der Waals surface area (Å²) < 4.78 is 80.0. The van der Waals surface area contributed by atoms with Crippen molar-refractivity contribution in [3.63, 3.8) is 0 Å². The van der Waals surface area contributed by atoms with Crippen LogP contribution in [-0.4, -0.2) is 29.3 Å². The molecule has 1 aliphatic rings. The molecule has 0 aromatic rings. The molecule has 0 heterocycles. The number of ether oxygens (including phenoxy) is 1. The normalized spacial score (nSPS) is 28.3. The number of alkyl halides is 7. The third-order valence-corrected chi connectivity index (χ3v) is 4.47. The van der Waals surface area contributed by atoms with Crippen LogP contribution in [0.5, 0.6) is 0 Å². The van der Waals surface area contributed by atoms with E-state index >= 15 is 0 Å². The molecule has 0 aliphatic heterocycles. The maximum Gasteiger partial charge on any atom is 0.427 e. The molecule has 0 unspecified atom stereocenters. The van der Waals surface area contributed by atoms with E-state index in [9.17, 15) is 31.1 Å². The standard InChI is InChI=1S/C12H15ClF6O2/c1-6-3-4-8(5-7(6)2)21-9(20)10(13,11(14,15)16)12(17,18)19/h6-8H,3-5H2,1-2H3/t6-,7+,8-/m1/s1. The molecule has 0 aromatic carbocycles. The Hall–Kier alpha value is -0.660. The number of halogens is 7. The quantitative estimate of drug-likeness (QED) is 0.421. The summed E-state index contributed by atoms with van der Waals surface area (Å²) in [6.07, 6.45) is -12.0. The summed E-state index contributed by atoms with van der Waals surface area (Å²) in [4.78, 5) is 6.40. The lowest BCUT2D eigenvalue weighted by molar-refractivity contribution is -0.270. The number of hydrogen-bond donors (Lipinski definition) is 0. The lowest BCUT2D eigenvalue weighted by Gasteiger charge is -2.35. The van der Waals surface area contributed by atoms with Gasteiger partial charge < -0.3 is 4.74 Å². The minimum absolute atomic E-state index is 0.0399. The predicted octanol–water partition coefficient (Wildman–Crippen LogP) is 4.46. The molecule has 124 valence electrons. The van der Waals surface area contributed by atoms with Crippen LogP contribution in [-0.2, 0) is 9.53 Å². The van der Waals surface area contributed by atoms with Crippen molar-refractivity contribution in [1.29, 1.82) is 0 Å². The smallest absolute Gasteiger partial charge is 0.427 e. The van der Waals surface area contributed by atoms with E-state index in [0.29, 0.717) is 6.42 Å². The van der Waals surface area contributed by atoms with E-state index in [1.54, 1.807) is 6.92 Å². The molecule has 0 saturated heterocycles. The van der Waals surface area contributed by atoms with Crippen LogP contribution < -0.4 is 0 Å². The van der Waals surface area contributed by atoms with Crippen LogP contribution in [0.1, 0.15) is 33.1 Å².